The molecule has 5 nitrogen and oxygen atoms in total. The van der Waals surface area contributed by atoms with Crippen molar-refractivity contribution >= 4 is 12.4 Å². The quantitative estimate of drug-likeness (QED) is 0.759. The molecule has 0 saturated carbocycles. The minimum atomic E-state index is -0.496. The summed E-state index contributed by atoms with van der Waals surface area (Å²) in [6, 6.07) is 18.8. The van der Waals surface area contributed by atoms with Crippen LogP contribution in [0.4, 0.5) is 4.79 Å². The normalized spacial score (nSPS) is 19.6. The van der Waals surface area contributed by atoms with E-state index in [0.717, 1.165) is 17.4 Å². The van der Waals surface area contributed by atoms with Crippen LogP contribution in [0.15, 0.2) is 60.7 Å². The molecule has 0 aromatic heterocycles. The minimum Gasteiger partial charge on any atom is -0.445 e. The molecule has 1 amide bonds. The smallest absolute Gasteiger partial charge is 0.410 e. The number of hydrogen-bond donors (Lipinski definition) is 0. The topological polar surface area (TPSA) is 55.8 Å². The van der Waals surface area contributed by atoms with Crippen LogP contribution >= 0.6 is 0 Å². The number of carbonyl (C=O) groups excluding carboxylic acids is 2. The molecule has 3 rings (SSSR count). The molecule has 2 aromatic carbocycles. The zero-order chi connectivity index (χ0) is 17.5. The molecular weight excluding hydrogens is 318 g/mol. The molecule has 0 spiro atoms. The Hall–Kier alpha value is -2.66. The molecule has 5 heteroatoms. The van der Waals surface area contributed by atoms with Gasteiger partial charge >= 0.3 is 6.09 Å². The maximum absolute atomic E-state index is 12.3. The maximum Gasteiger partial charge on any atom is 0.410 e. The number of carbonyl (C=O) groups is 2. The third-order valence-corrected chi connectivity index (χ3v) is 4.23. The highest BCUT2D eigenvalue weighted by molar-refractivity contribution is 5.74. The van der Waals surface area contributed by atoms with E-state index >= 15 is 0 Å². The Balaban J connectivity index is 1.52. The molecule has 0 N–H and O–H groups in total. The summed E-state index contributed by atoms with van der Waals surface area (Å²) in [5.74, 6) is 0. The third-order valence-electron chi connectivity index (χ3n) is 4.23. The Kier molecular flexibility index (Phi) is 5.80. The number of benzene rings is 2. The standard InChI is InChI=1S/C20H21NO4/c22-13-18-11-19(24-14-16-7-3-1-4-8-16)12-21(18)20(23)25-15-17-9-5-2-6-10-17/h1-10,13,18-19H,11-12,14-15H2/t18-,19+/m0/s1. The van der Waals surface area contributed by atoms with E-state index in [1.165, 1.54) is 4.90 Å². The van der Waals surface area contributed by atoms with Crippen molar-refractivity contribution in [2.75, 3.05) is 6.54 Å². The zero-order valence-electron chi connectivity index (χ0n) is 13.9. The third kappa shape index (κ3) is 4.67. The van der Waals surface area contributed by atoms with Crippen LogP contribution < -0.4 is 0 Å². The molecule has 1 aliphatic heterocycles. The summed E-state index contributed by atoms with van der Waals surface area (Å²) in [6.45, 7) is 1.02. The predicted molar refractivity (Wildman–Crippen MR) is 92.8 cm³/mol. The maximum atomic E-state index is 12.3. The number of aldehydes is 1. The number of nitrogens with zero attached hydrogens (tertiary/aromatic N) is 1. The van der Waals surface area contributed by atoms with Crippen LogP contribution in [0.1, 0.15) is 17.5 Å². The number of amides is 1. The molecule has 0 radical (unpaired) electrons. The van der Waals surface area contributed by atoms with Crippen LogP contribution in [0, 0.1) is 0 Å². The second-order valence-electron chi connectivity index (χ2n) is 6.05. The van der Waals surface area contributed by atoms with E-state index in [2.05, 4.69) is 0 Å². The van der Waals surface area contributed by atoms with Gasteiger partial charge in [0.25, 0.3) is 0 Å². The van der Waals surface area contributed by atoms with E-state index in [-0.39, 0.29) is 12.7 Å². The summed E-state index contributed by atoms with van der Waals surface area (Å²) in [6.07, 6.45) is 0.637. The van der Waals surface area contributed by atoms with Crippen molar-refractivity contribution < 1.29 is 19.1 Å². The molecule has 25 heavy (non-hydrogen) atoms. The summed E-state index contributed by atoms with van der Waals surface area (Å²) < 4.78 is 11.2. The summed E-state index contributed by atoms with van der Waals surface area (Å²) in [5.41, 5.74) is 1.98. The van der Waals surface area contributed by atoms with Gasteiger partial charge in [-0.15, -0.1) is 0 Å². The second-order valence-corrected chi connectivity index (χ2v) is 6.05. The lowest BCUT2D eigenvalue weighted by Crippen LogP contribution is -2.37. The van der Waals surface area contributed by atoms with Crippen LogP contribution in [0.3, 0.4) is 0 Å². The summed E-state index contributed by atoms with van der Waals surface area (Å²) in [4.78, 5) is 25.1. The average Bonchev–Trinajstić information content (AvgIpc) is 3.09. The van der Waals surface area contributed by atoms with Gasteiger partial charge in [0.15, 0.2) is 0 Å². The van der Waals surface area contributed by atoms with Gasteiger partial charge in [-0.1, -0.05) is 60.7 Å². The molecule has 2 atom stereocenters. The fraction of sp³-hybridized carbons (Fsp3) is 0.300. The number of likely N-dealkylation sites (tertiary alicyclic amines) is 1. The van der Waals surface area contributed by atoms with Crippen LogP contribution in [0.25, 0.3) is 0 Å². The Labute approximate surface area is 147 Å². The van der Waals surface area contributed by atoms with Crippen LogP contribution in [-0.4, -0.2) is 36.0 Å². The SMILES string of the molecule is O=C[C@@H]1C[C@@H](OCc2ccccc2)CN1C(=O)OCc1ccccc1. The Morgan fingerprint density at radius 1 is 1.00 bits per heavy atom. The van der Waals surface area contributed by atoms with E-state index in [0.29, 0.717) is 19.6 Å². The molecular formula is C20H21NO4. The van der Waals surface area contributed by atoms with E-state index in [1.54, 1.807) is 0 Å². The lowest BCUT2D eigenvalue weighted by Gasteiger charge is -2.19. The van der Waals surface area contributed by atoms with Gasteiger partial charge in [0.2, 0.25) is 0 Å². The van der Waals surface area contributed by atoms with Gasteiger partial charge in [-0.2, -0.15) is 0 Å². The monoisotopic (exact) mass is 339 g/mol. The van der Waals surface area contributed by atoms with Crippen LogP contribution in [0.2, 0.25) is 0 Å². The lowest BCUT2D eigenvalue weighted by molar-refractivity contribution is -0.111. The second kappa shape index (κ2) is 8.44. The number of ether oxygens (including phenoxy) is 2. The van der Waals surface area contributed by atoms with Crippen molar-refractivity contribution in [3.8, 4) is 0 Å². The van der Waals surface area contributed by atoms with E-state index < -0.39 is 12.1 Å². The highest BCUT2D eigenvalue weighted by Gasteiger charge is 2.36. The van der Waals surface area contributed by atoms with Crippen molar-refractivity contribution in [3.63, 3.8) is 0 Å². The molecule has 130 valence electrons. The Morgan fingerprint density at radius 3 is 2.20 bits per heavy atom. The van der Waals surface area contributed by atoms with Gasteiger partial charge in [-0.3, -0.25) is 4.90 Å². The van der Waals surface area contributed by atoms with E-state index in [4.69, 9.17) is 9.47 Å². The van der Waals surface area contributed by atoms with Crippen molar-refractivity contribution in [1.82, 2.24) is 4.90 Å². The minimum absolute atomic E-state index is 0.167. The summed E-state index contributed by atoms with van der Waals surface area (Å²) >= 11 is 0. The van der Waals surface area contributed by atoms with Crippen LogP contribution in [-0.2, 0) is 27.5 Å². The van der Waals surface area contributed by atoms with Gasteiger partial charge in [0.1, 0.15) is 12.9 Å². The van der Waals surface area contributed by atoms with E-state index in [9.17, 15) is 9.59 Å². The Morgan fingerprint density at radius 2 is 1.60 bits per heavy atom. The predicted octanol–water partition coefficient (Wildman–Crippen LogP) is 3.18. The first-order valence-corrected chi connectivity index (χ1v) is 8.34. The first-order chi connectivity index (χ1) is 12.3. The zero-order valence-corrected chi connectivity index (χ0v) is 13.9. The van der Waals surface area contributed by atoms with Crippen molar-refractivity contribution in [3.05, 3.63) is 71.8 Å². The summed E-state index contributed by atoms with van der Waals surface area (Å²) in [7, 11) is 0. The molecule has 2 aromatic rings. The summed E-state index contributed by atoms with van der Waals surface area (Å²) in [5, 5.41) is 0. The molecule has 1 fully saturated rings. The molecule has 1 heterocycles. The fourth-order valence-electron chi connectivity index (χ4n) is 2.88. The van der Waals surface area contributed by atoms with Crippen molar-refractivity contribution in [2.45, 2.75) is 31.8 Å². The molecule has 1 aliphatic rings. The van der Waals surface area contributed by atoms with E-state index in [1.807, 2.05) is 60.7 Å². The largest absolute Gasteiger partial charge is 0.445 e. The molecule has 0 bridgehead atoms. The van der Waals surface area contributed by atoms with Crippen molar-refractivity contribution in [1.29, 1.82) is 0 Å². The first kappa shape index (κ1) is 17.2. The average molecular weight is 339 g/mol. The van der Waals surface area contributed by atoms with Crippen LogP contribution in [0.5, 0.6) is 0 Å². The van der Waals surface area contributed by atoms with Gasteiger partial charge in [0.05, 0.1) is 25.3 Å². The van der Waals surface area contributed by atoms with Gasteiger partial charge < -0.3 is 14.3 Å². The Bertz CT molecular complexity index is 689. The fourth-order valence-corrected chi connectivity index (χ4v) is 2.88. The van der Waals surface area contributed by atoms with Crippen molar-refractivity contribution in [2.24, 2.45) is 0 Å². The first-order valence-electron chi connectivity index (χ1n) is 8.34. The highest BCUT2D eigenvalue weighted by atomic mass is 16.6. The number of rotatable bonds is 6. The highest BCUT2D eigenvalue weighted by Crippen LogP contribution is 2.21. The lowest BCUT2D eigenvalue weighted by atomic mass is 10.2. The van der Waals surface area contributed by atoms with Gasteiger partial charge in [-0.05, 0) is 11.1 Å². The van der Waals surface area contributed by atoms with Gasteiger partial charge in [0, 0.05) is 6.42 Å². The molecule has 1 saturated heterocycles. The van der Waals surface area contributed by atoms with Gasteiger partial charge in [-0.25, -0.2) is 4.79 Å². The molecule has 0 aliphatic carbocycles. The molecule has 0 unspecified atom stereocenters. The number of hydrogen-bond acceptors (Lipinski definition) is 4.